The van der Waals surface area contributed by atoms with Crippen molar-refractivity contribution in [2.24, 2.45) is 0 Å². The highest BCUT2D eigenvalue weighted by Crippen LogP contribution is 2.20. The van der Waals surface area contributed by atoms with Crippen LogP contribution in [0.25, 0.3) is 0 Å². The molecule has 0 N–H and O–H groups in total. The Morgan fingerprint density at radius 2 is 1.12 bits per heavy atom. The van der Waals surface area contributed by atoms with Crippen molar-refractivity contribution < 1.29 is 52.1 Å². The Hall–Kier alpha value is -1.33. The number of halogens is 4. The van der Waals surface area contributed by atoms with Crippen LogP contribution < -0.4 is 25.9 Å². The average Bonchev–Trinajstić information content (AvgIpc) is 2.97. The molecule has 2 rings (SSSR count). The molecule has 0 bridgehead atoms. The Bertz CT molecular complexity index is 1020. The molecular weight excluding hydrogens is 688 g/mol. The number of rotatable bonds is 23. The lowest BCUT2D eigenvalue weighted by atomic mass is 10.0. The Balaban J connectivity index is 0.00000101. The van der Waals surface area contributed by atoms with Crippen LogP contribution in [0.15, 0.2) is 54.6 Å². The normalized spacial score (nSPS) is 11.7. The lowest BCUT2D eigenvalue weighted by molar-refractivity contribution is -0.627. The minimum absolute atomic E-state index is 0.123. The number of benzene rings is 2. The lowest BCUT2D eigenvalue weighted by Crippen LogP contribution is -3.62. The molecule has 2 aromatic rings. The molecule has 0 amide bonds. The van der Waals surface area contributed by atoms with Crippen molar-refractivity contribution in [3.05, 3.63) is 63.7 Å². The summed E-state index contributed by atoms with van der Waals surface area (Å²) in [6, 6.07) is 19.8. The van der Waals surface area contributed by atoms with Crippen molar-refractivity contribution in [1.82, 2.24) is 0 Å². The van der Waals surface area contributed by atoms with Gasteiger partial charge in [0.05, 0.1) is 6.61 Å². The molecular formula is C34H52F3IO4S. The zero-order chi connectivity index (χ0) is 31.7. The standard InChI is InChI=1S/C33H52IO.CHF3O3S/c1-2-3-4-5-6-7-8-9-10-11-12-13-14-15-16-20-30-35-33-27-25-32(26-28-33)34-29-21-24-31-22-18-17-19-23-31;2-1(3,4)8(5,6)7/h17-19,22-23,25-28H,2-16,20-21,24,29-30H2,1H3;(H,5,6,7)/q+1;/p-1. The summed E-state index contributed by atoms with van der Waals surface area (Å²) >= 11 is 0.123. The fourth-order valence-corrected chi connectivity index (χ4v) is 6.81. The zero-order valence-corrected chi connectivity index (χ0v) is 28.9. The van der Waals surface area contributed by atoms with E-state index in [1.807, 2.05) is 0 Å². The molecule has 0 spiro atoms. The van der Waals surface area contributed by atoms with E-state index >= 15 is 0 Å². The highest BCUT2D eigenvalue weighted by molar-refractivity contribution is 7.86. The van der Waals surface area contributed by atoms with E-state index in [9.17, 15) is 13.2 Å². The van der Waals surface area contributed by atoms with Crippen LogP contribution in [0.1, 0.15) is 122 Å². The Kier molecular flexibility index (Phi) is 23.0. The first kappa shape index (κ1) is 39.7. The van der Waals surface area contributed by atoms with E-state index in [-0.39, 0.29) is 21.2 Å². The van der Waals surface area contributed by atoms with Gasteiger partial charge < -0.3 is 9.29 Å². The SMILES string of the molecule is CCCCCCCCCCCCCCCCCCOc1ccc([I+]CCCc2ccccc2)cc1.O=S(=O)([O-])C(F)(F)F. The van der Waals surface area contributed by atoms with Crippen molar-refractivity contribution in [1.29, 1.82) is 0 Å². The van der Waals surface area contributed by atoms with Crippen LogP contribution in [0, 0.1) is 3.57 Å². The van der Waals surface area contributed by atoms with E-state index in [0.717, 1.165) is 12.4 Å². The first-order valence-electron chi connectivity index (χ1n) is 16.0. The average molecular weight is 741 g/mol. The fraction of sp³-hybridized carbons (Fsp3) is 0.647. The van der Waals surface area contributed by atoms with Gasteiger partial charge in [-0.25, -0.2) is 8.42 Å². The molecule has 0 saturated carbocycles. The van der Waals surface area contributed by atoms with Crippen molar-refractivity contribution in [2.45, 2.75) is 128 Å². The van der Waals surface area contributed by atoms with Crippen LogP contribution in [0.4, 0.5) is 13.2 Å². The number of ether oxygens (including phenoxy) is 1. The van der Waals surface area contributed by atoms with Gasteiger partial charge in [0.25, 0.3) is 0 Å². The molecule has 0 aliphatic rings. The largest absolute Gasteiger partial charge is 0.741 e. The predicted octanol–water partition coefficient (Wildman–Crippen LogP) is 7.27. The molecule has 0 fully saturated rings. The first-order chi connectivity index (χ1) is 20.6. The molecule has 0 aromatic heterocycles. The van der Waals surface area contributed by atoms with Crippen molar-refractivity contribution in [2.75, 3.05) is 11.0 Å². The smallest absolute Gasteiger partial charge is 0.485 e. The van der Waals surface area contributed by atoms with Crippen LogP contribution in [-0.2, 0) is 16.5 Å². The van der Waals surface area contributed by atoms with Crippen LogP contribution in [0.2, 0.25) is 0 Å². The molecule has 0 atom stereocenters. The van der Waals surface area contributed by atoms with E-state index in [1.165, 1.54) is 129 Å². The van der Waals surface area contributed by atoms with Gasteiger partial charge in [0.2, 0.25) is 0 Å². The Labute approximate surface area is 269 Å². The lowest BCUT2D eigenvalue weighted by Gasteiger charge is -2.08. The Morgan fingerprint density at radius 3 is 1.56 bits per heavy atom. The minimum Gasteiger partial charge on any atom is -0.741 e. The predicted molar refractivity (Wildman–Crippen MR) is 166 cm³/mol. The zero-order valence-electron chi connectivity index (χ0n) is 25.9. The summed E-state index contributed by atoms with van der Waals surface area (Å²) in [5.41, 5.74) is -4.18. The van der Waals surface area contributed by atoms with E-state index < -0.39 is 15.6 Å². The summed E-state index contributed by atoms with van der Waals surface area (Å²) in [5.74, 6) is 1.04. The Morgan fingerprint density at radius 1 is 0.674 bits per heavy atom. The van der Waals surface area contributed by atoms with Gasteiger partial charge in [-0.3, -0.25) is 0 Å². The maximum absolute atomic E-state index is 10.7. The van der Waals surface area contributed by atoms with Gasteiger partial charge in [0, 0.05) is 0 Å². The second-order valence-corrected chi connectivity index (χ2v) is 15.4. The molecule has 0 aliphatic carbocycles. The molecule has 2 aromatic carbocycles. The van der Waals surface area contributed by atoms with E-state index in [2.05, 4.69) is 61.5 Å². The molecule has 4 nitrogen and oxygen atoms in total. The number of aryl methyl sites for hydroxylation is 1. The topological polar surface area (TPSA) is 66.4 Å². The van der Waals surface area contributed by atoms with Crippen LogP contribution in [0.5, 0.6) is 5.75 Å². The van der Waals surface area contributed by atoms with Gasteiger partial charge in [-0.05, 0) is 49.1 Å². The maximum atomic E-state index is 10.7. The molecule has 9 heteroatoms. The molecule has 43 heavy (non-hydrogen) atoms. The second-order valence-electron chi connectivity index (χ2n) is 10.9. The molecule has 0 heterocycles. The molecule has 0 radical (unpaired) electrons. The van der Waals surface area contributed by atoms with E-state index in [0.29, 0.717) is 0 Å². The van der Waals surface area contributed by atoms with Crippen LogP contribution in [-0.4, -0.2) is 29.5 Å². The maximum Gasteiger partial charge on any atom is 0.485 e. The molecule has 0 saturated heterocycles. The van der Waals surface area contributed by atoms with Gasteiger partial charge in [-0.2, -0.15) is 13.2 Å². The third kappa shape index (κ3) is 22.8. The summed E-state index contributed by atoms with van der Waals surface area (Å²) in [5, 5.41) is 0. The number of unbranched alkanes of at least 4 members (excludes halogenated alkanes) is 15. The van der Waals surface area contributed by atoms with Gasteiger partial charge in [-0.1, -0.05) is 134 Å². The first-order valence-corrected chi connectivity index (χ1v) is 20.0. The number of hydrogen-bond donors (Lipinski definition) is 0. The minimum atomic E-state index is -6.09. The molecule has 0 aliphatic heterocycles. The quantitative estimate of drug-likeness (QED) is 0.0396. The fourth-order valence-electron chi connectivity index (χ4n) is 4.55. The van der Waals surface area contributed by atoms with Gasteiger partial charge >= 0.3 is 26.7 Å². The van der Waals surface area contributed by atoms with Crippen molar-refractivity contribution in [3.8, 4) is 5.75 Å². The highest BCUT2D eigenvalue weighted by atomic mass is 127. The van der Waals surface area contributed by atoms with Crippen LogP contribution >= 0.6 is 0 Å². The summed E-state index contributed by atoms with van der Waals surface area (Å²) in [7, 11) is -6.09. The van der Waals surface area contributed by atoms with Gasteiger partial charge in [-0.15, -0.1) is 0 Å². The number of alkyl halides is 4. The molecule has 0 unspecified atom stereocenters. The van der Waals surface area contributed by atoms with Crippen LogP contribution in [0.3, 0.4) is 0 Å². The summed E-state index contributed by atoms with van der Waals surface area (Å²) < 4.78 is 67.8. The summed E-state index contributed by atoms with van der Waals surface area (Å²) in [6.07, 6.45) is 25.1. The summed E-state index contributed by atoms with van der Waals surface area (Å²) in [6.45, 7) is 3.16. The third-order valence-corrected chi connectivity index (χ3v) is 10.5. The monoisotopic (exact) mass is 740 g/mol. The van der Waals surface area contributed by atoms with Crippen molar-refractivity contribution >= 4 is 10.1 Å². The highest BCUT2D eigenvalue weighted by Gasteiger charge is 2.36. The van der Waals surface area contributed by atoms with Gasteiger partial charge in [0.15, 0.2) is 13.7 Å². The third-order valence-electron chi connectivity index (χ3n) is 7.05. The van der Waals surface area contributed by atoms with Gasteiger partial charge in [0.1, 0.15) is 10.2 Å². The molecule has 246 valence electrons. The second kappa shape index (κ2) is 24.9. The number of hydrogen-bond acceptors (Lipinski definition) is 4. The van der Waals surface area contributed by atoms with Crippen molar-refractivity contribution in [3.63, 3.8) is 0 Å². The van der Waals surface area contributed by atoms with E-state index in [1.54, 1.807) is 0 Å². The summed E-state index contributed by atoms with van der Waals surface area (Å²) in [4.78, 5) is 0. The van der Waals surface area contributed by atoms with E-state index in [4.69, 9.17) is 17.7 Å².